The van der Waals surface area contributed by atoms with Gasteiger partial charge in [0.05, 0.1) is 26.4 Å². The summed E-state index contributed by atoms with van der Waals surface area (Å²) in [5, 5.41) is 10.6. The molecule has 0 fully saturated rings. The quantitative estimate of drug-likeness (QED) is 0.0222. The average Bonchev–Trinajstić information content (AvgIpc) is 1.17. The molecule has 0 saturated heterocycles. The SMILES string of the molecule is CCCCCCCCCCCCCCCCCCCCCCCC(=O)O[C@H](COC(=O)CCCCCCCCCCCCCCCCCCC)COP(=O)(O)OC[C@@H](O)COP(=O)(O)OC[C@@H](COC(=O)CCCCCCCCCC)OC(=O)CCCCCCCCC(C)CC. The van der Waals surface area contributed by atoms with Crippen LogP contribution in [-0.2, 0) is 65.4 Å². The van der Waals surface area contributed by atoms with E-state index in [4.69, 9.17) is 37.0 Å². The van der Waals surface area contributed by atoms with Crippen LogP contribution in [-0.4, -0.2) is 96.7 Å². The minimum Gasteiger partial charge on any atom is -0.462 e. The fraction of sp³-hybridized carbons (Fsp3) is 0.948. The molecule has 0 aromatic rings. The third-order valence-corrected chi connectivity index (χ3v) is 20.3. The highest BCUT2D eigenvalue weighted by Crippen LogP contribution is 2.45. The van der Waals surface area contributed by atoms with Gasteiger partial charge in [-0.25, -0.2) is 9.13 Å². The minimum atomic E-state index is -4.96. The van der Waals surface area contributed by atoms with Crippen LogP contribution in [0.1, 0.15) is 407 Å². The number of aliphatic hydroxyl groups is 1. The van der Waals surface area contributed by atoms with E-state index in [9.17, 15) is 43.2 Å². The topological polar surface area (TPSA) is 237 Å². The summed E-state index contributed by atoms with van der Waals surface area (Å²) in [7, 11) is -9.91. The molecule has 0 saturated carbocycles. The number of hydrogen-bond acceptors (Lipinski definition) is 15. The van der Waals surface area contributed by atoms with Crippen molar-refractivity contribution >= 4 is 39.5 Å². The Hall–Kier alpha value is -1.94. The van der Waals surface area contributed by atoms with Gasteiger partial charge in [0.1, 0.15) is 19.3 Å². The standard InChI is InChI=1S/C77H150O17P2/c1-6-10-13-16-19-22-24-26-28-30-31-32-33-35-37-39-41-43-46-52-57-62-76(81)93-72(66-88-75(80)61-56-51-45-42-40-38-36-34-29-27-25-23-20-17-14-11-7-2)68-91-95(83,84)89-64-71(78)65-90-96(85,86)92-69-73(67-87-74(79)60-55-50-44-21-18-15-12-8-3)94-77(82)63-58-53-48-47-49-54-59-70(5)9-4/h70-73,78H,6-69H2,1-5H3,(H,83,84)(H,85,86)/t70?,71-,72-,73-/m1/s1. The van der Waals surface area contributed by atoms with Crippen molar-refractivity contribution in [2.75, 3.05) is 39.6 Å². The number of unbranched alkanes of at least 4 members (excludes halogenated alkanes) is 48. The molecule has 6 atom stereocenters. The molecule has 0 aliphatic rings. The number of phosphoric ester groups is 2. The van der Waals surface area contributed by atoms with Crippen LogP contribution < -0.4 is 0 Å². The number of rotatable bonds is 77. The fourth-order valence-electron chi connectivity index (χ4n) is 11.8. The summed E-state index contributed by atoms with van der Waals surface area (Å²) >= 11 is 0. The summed E-state index contributed by atoms with van der Waals surface area (Å²) in [6.45, 7) is 7.22. The Labute approximate surface area is 588 Å². The summed E-state index contributed by atoms with van der Waals surface area (Å²) in [5.41, 5.74) is 0. The smallest absolute Gasteiger partial charge is 0.462 e. The largest absolute Gasteiger partial charge is 0.472 e. The first-order valence-electron chi connectivity index (χ1n) is 40.2. The molecule has 0 bridgehead atoms. The van der Waals surface area contributed by atoms with E-state index in [1.165, 1.54) is 225 Å². The van der Waals surface area contributed by atoms with E-state index in [1.54, 1.807) is 0 Å². The molecule has 3 unspecified atom stereocenters. The van der Waals surface area contributed by atoms with Gasteiger partial charge in [-0.15, -0.1) is 0 Å². The van der Waals surface area contributed by atoms with Crippen molar-refractivity contribution in [3.8, 4) is 0 Å². The van der Waals surface area contributed by atoms with Crippen LogP contribution in [0.4, 0.5) is 0 Å². The molecule has 0 heterocycles. The van der Waals surface area contributed by atoms with Crippen LogP contribution in [0.2, 0.25) is 0 Å². The molecule has 19 heteroatoms. The van der Waals surface area contributed by atoms with E-state index >= 15 is 0 Å². The van der Waals surface area contributed by atoms with Gasteiger partial charge < -0.3 is 33.8 Å². The zero-order valence-electron chi connectivity index (χ0n) is 62.5. The molecule has 0 aliphatic carbocycles. The van der Waals surface area contributed by atoms with Gasteiger partial charge in [0, 0.05) is 25.7 Å². The van der Waals surface area contributed by atoms with Gasteiger partial charge in [-0.1, -0.05) is 356 Å². The molecule has 570 valence electrons. The third-order valence-electron chi connectivity index (χ3n) is 18.4. The normalized spacial score (nSPS) is 14.2. The van der Waals surface area contributed by atoms with Gasteiger partial charge in [0.15, 0.2) is 12.2 Å². The van der Waals surface area contributed by atoms with Crippen molar-refractivity contribution < 1.29 is 80.2 Å². The first kappa shape index (κ1) is 94.1. The van der Waals surface area contributed by atoms with Crippen LogP contribution in [0.3, 0.4) is 0 Å². The Morgan fingerprint density at radius 2 is 0.500 bits per heavy atom. The Morgan fingerprint density at radius 3 is 0.740 bits per heavy atom. The highest BCUT2D eigenvalue weighted by molar-refractivity contribution is 7.47. The molecule has 0 amide bonds. The number of esters is 4. The summed E-state index contributed by atoms with van der Waals surface area (Å²) in [6, 6.07) is 0. The molecule has 17 nitrogen and oxygen atoms in total. The molecular weight excluding hydrogens is 1260 g/mol. The summed E-state index contributed by atoms with van der Waals surface area (Å²) in [6.07, 6.45) is 60.0. The predicted octanol–water partition coefficient (Wildman–Crippen LogP) is 22.9. The Bertz CT molecular complexity index is 1840. The number of carbonyl (C=O) groups is 4. The maximum absolute atomic E-state index is 13.1. The number of hydrogen-bond donors (Lipinski definition) is 3. The summed E-state index contributed by atoms with van der Waals surface area (Å²) in [5.74, 6) is -1.40. The molecule has 0 aromatic carbocycles. The number of carbonyl (C=O) groups excluding carboxylic acids is 4. The second kappa shape index (κ2) is 70.1. The lowest BCUT2D eigenvalue weighted by Gasteiger charge is -2.21. The zero-order valence-corrected chi connectivity index (χ0v) is 64.3. The molecule has 0 rings (SSSR count). The predicted molar refractivity (Wildman–Crippen MR) is 391 cm³/mol. The molecule has 0 aromatic heterocycles. The highest BCUT2D eigenvalue weighted by Gasteiger charge is 2.30. The van der Waals surface area contributed by atoms with Crippen molar-refractivity contribution in [3.63, 3.8) is 0 Å². The second-order valence-electron chi connectivity index (χ2n) is 28.0. The van der Waals surface area contributed by atoms with Crippen molar-refractivity contribution in [3.05, 3.63) is 0 Å². The second-order valence-corrected chi connectivity index (χ2v) is 30.9. The third kappa shape index (κ3) is 69.2. The van der Waals surface area contributed by atoms with E-state index < -0.39 is 97.5 Å². The molecule has 0 spiro atoms. The fourth-order valence-corrected chi connectivity index (χ4v) is 13.4. The molecule has 96 heavy (non-hydrogen) atoms. The maximum Gasteiger partial charge on any atom is 0.472 e. The van der Waals surface area contributed by atoms with Gasteiger partial charge in [-0.2, -0.15) is 0 Å². The summed E-state index contributed by atoms with van der Waals surface area (Å²) in [4.78, 5) is 72.7. The lowest BCUT2D eigenvalue weighted by molar-refractivity contribution is -0.161. The van der Waals surface area contributed by atoms with Gasteiger partial charge >= 0.3 is 39.5 Å². The van der Waals surface area contributed by atoms with Crippen molar-refractivity contribution in [1.82, 2.24) is 0 Å². The maximum atomic E-state index is 13.1. The van der Waals surface area contributed by atoms with Crippen LogP contribution >= 0.6 is 15.6 Å². The first-order valence-corrected chi connectivity index (χ1v) is 43.2. The van der Waals surface area contributed by atoms with Crippen LogP contribution in [0, 0.1) is 5.92 Å². The van der Waals surface area contributed by atoms with Crippen molar-refractivity contribution in [2.24, 2.45) is 5.92 Å². The lowest BCUT2D eigenvalue weighted by atomic mass is 10.00. The van der Waals surface area contributed by atoms with E-state index in [2.05, 4.69) is 34.6 Å². The Kier molecular flexibility index (Phi) is 68.7. The number of phosphoric acid groups is 2. The molecule has 3 N–H and O–H groups in total. The molecule has 0 aliphatic heterocycles. The van der Waals surface area contributed by atoms with Crippen LogP contribution in [0.15, 0.2) is 0 Å². The average molecular weight is 1410 g/mol. The van der Waals surface area contributed by atoms with E-state index in [0.717, 1.165) is 102 Å². The van der Waals surface area contributed by atoms with Gasteiger partial charge in [0.2, 0.25) is 0 Å². The first-order chi connectivity index (χ1) is 46.6. The molecule has 0 radical (unpaired) electrons. The van der Waals surface area contributed by atoms with Crippen LogP contribution in [0.25, 0.3) is 0 Å². The van der Waals surface area contributed by atoms with Gasteiger partial charge in [-0.05, 0) is 31.6 Å². The van der Waals surface area contributed by atoms with Gasteiger partial charge in [0.25, 0.3) is 0 Å². The zero-order chi connectivity index (χ0) is 70.5. The molecular formula is C77H150O17P2. The van der Waals surface area contributed by atoms with Crippen molar-refractivity contribution in [2.45, 2.75) is 425 Å². The minimum absolute atomic E-state index is 0.103. The Balaban J connectivity index is 5.17. The number of ether oxygens (including phenoxy) is 4. The van der Waals surface area contributed by atoms with Crippen LogP contribution in [0.5, 0.6) is 0 Å². The Morgan fingerprint density at radius 1 is 0.292 bits per heavy atom. The van der Waals surface area contributed by atoms with E-state index in [-0.39, 0.29) is 25.7 Å². The highest BCUT2D eigenvalue weighted by atomic mass is 31.2. The summed E-state index contributed by atoms with van der Waals surface area (Å²) < 4.78 is 68.4. The van der Waals surface area contributed by atoms with Crippen molar-refractivity contribution in [1.29, 1.82) is 0 Å². The van der Waals surface area contributed by atoms with E-state index in [0.29, 0.717) is 25.7 Å². The number of aliphatic hydroxyl groups excluding tert-OH is 1. The monoisotopic (exact) mass is 1410 g/mol. The van der Waals surface area contributed by atoms with Gasteiger partial charge in [-0.3, -0.25) is 37.3 Å². The van der Waals surface area contributed by atoms with E-state index in [1.807, 2.05) is 0 Å². The lowest BCUT2D eigenvalue weighted by Crippen LogP contribution is -2.30.